The largest absolute Gasteiger partial charge is 0.472 e. The van der Waals surface area contributed by atoms with Crippen LogP contribution in [-0.4, -0.2) is 46.4 Å². The van der Waals surface area contributed by atoms with E-state index in [1.807, 2.05) is 24.3 Å². The summed E-state index contributed by atoms with van der Waals surface area (Å²) in [4.78, 5) is 2.47. The van der Waals surface area contributed by atoms with E-state index in [2.05, 4.69) is 15.1 Å². The third kappa shape index (κ3) is 3.86. The van der Waals surface area contributed by atoms with Gasteiger partial charge in [0.05, 0.1) is 0 Å². The number of hydrogen-bond donors (Lipinski definition) is 1. The number of halogens is 1. The number of nitrogens with zero attached hydrogens (tertiary/aromatic N) is 3. The lowest BCUT2D eigenvalue weighted by Crippen LogP contribution is -2.51. The molecule has 4 unspecified atom stereocenters. The molecule has 1 aromatic carbocycles. The highest BCUT2D eigenvalue weighted by Crippen LogP contribution is 2.39. The molecule has 5 nitrogen and oxygen atoms in total. The van der Waals surface area contributed by atoms with Gasteiger partial charge in [-0.2, -0.15) is 5.10 Å². The Balaban J connectivity index is 1.54. The molecule has 4 atom stereocenters. The van der Waals surface area contributed by atoms with E-state index in [1.165, 1.54) is 17.7 Å². The quantitative estimate of drug-likeness (QED) is 0.913. The van der Waals surface area contributed by atoms with Crippen LogP contribution in [0.4, 0.5) is 4.39 Å². The van der Waals surface area contributed by atoms with Gasteiger partial charge in [-0.15, -0.1) is 5.10 Å². The SMILES string of the molecule is NC1CCCN(C2CC(c3ccc(F)cc3)CC2Oc2cccnn2)C1. The molecule has 2 fully saturated rings. The van der Waals surface area contributed by atoms with Gasteiger partial charge in [0.1, 0.15) is 11.9 Å². The summed E-state index contributed by atoms with van der Waals surface area (Å²) in [6.45, 7) is 1.95. The van der Waals surface area contributed by atoms with Gasteiger partial charge in [0.2, 0.25) is 5.88 Å². The first-order valence-electron chi connectivity index (χ1n) is 9.38. The second kappa shape index (κ2) is 7.68. The van der Waals surface area contributed by atoms with E-state index >= 15 is 0 Å². The summed E-state index contributed by atoms with van der Waals surface area (Å²) < 4.78 is 19.5. The van der Waals surface area contributed by atoms with Crippen molar-refractivity contribution < 1.29 is 9.13 Å². The number of benzene rings is 1. The van der Waals surface area contributed by atoms with Crippen LogP contribution < -0.4 is 10.5 Å². The molecular formula is C20H25FN4O. The Bertz CT molecular complexity index is 712. The highest BCUT2D eigenvalue weighted by molar-refractivity contribution is 5.23. The van der Waals surface area contributed by atoms with E-state index in [0.29, 0.717) is 17.8 Å². The van der Waals surface area contributed by atoms with E-state index in [4.69, 9.17) is 10.5 Å². The fourth-order valence-corrected chi connectivity index (χ4v) is 4.34. The van der Waals surface area contributed by atoms with Crippen LogP contribution in [0.3, 0.4) is 0 Å². The molecule has 0 bridgehead atoms. The van der Waals surface area contributed by atoms with Crippen LogP contribution in [0, 0.1) is 5.82 Å². The van der Waals surface area contributed by atoms with Crippen molar-refractivity contribution >= 4 is 0 Å². The third-order valence-corrected chi connectivity index (χ3v) is 5.59. The summed E-state index contributed by atoms with van der Waals surface area (Å²) in [5.41, 5.74) is 7.38. The smallest absolute Gasteiger partial charge is 0.233 e. The van der Waals surface area contributed by atoms with E-state index < -0.39 is 0 Å². The highest BCUT2D eigenvalue weighted by Gasteiger charge is 2.41. The van der Waals surface area contributed by atoms with E-state index in [9.17, 15) is 4.39 Å². The molecule has 2 N–H and O–H groups in total. The molecule has 0 spiro atoms. The first-order valence-corrected chi connectivity index (χ1v) is 9.38. The van der Waals surface area contributed by atoms with Crippen LogP contribution in [-0.2, 0) is 0 Å². The Hall–Kier alpha value is -2.05. The van der Waals surface area contributed by atoms with Gasteiger partial charge in [0, 0.05) is 30.9 Å². The Morgan fingerprint density at radius 3 is 2.73 bits per heavy atom. The van der Waals surface area contributed by atoms with Gasteiger partial charge in [0.15, 0.2) is 0 Å². The zero-order valence-corrected chi connectivity index (χ0v) is 14.8. The summed E-state index contributed by atoms with van der Waals surface area (Å²) in [5.74, 6) is 0.710. The highest BCUT2D eigenvalue weighted by atomic mass is 19.1. The number of nitrogens with two attached hydrogens (primary N) is 1. The Labute approximate surface area is 153 Å². The van der Waals surface area contributed by atoms with Crippen LogP contribution >= 0.6 is 0 Å². The Morgan fingerprint density at radius 1 is 1.15 bits per heavy atom. The Morgan fingerprint density at radius 2 is 2.00 bits per heavy atom. The molecule has 1 aliphatic carbocycles. The zero-order valence-electron chi connectivity index (χ0n) is 14.8. The van der Waals surface area contributed by atoms with Crippen molar-refractivity contribution in [3.63, 3.8) is 0 Å². The minimum absolute atomic E-state index is 0.0343. The van der Waals surface area contributed by atoms with Crippen molar-refractivity contribution in [3.8, 4) is 5.88 Å². The summed E-state index contributed by atoms with van der Waals surface area (Å²) in [6.07, 6.45) is 5.76. The summed E-state index contributed by atoms with van der Waals surface area (Å²) >= 11 is 0. The lowest BCUT2D eigenvalue weighted by Gasteiger charge is -2.37. The molecule has 2 aliphatic rings. The first-order chi connectivity index (χ1) is 12.7. The molecule has 0 radical (unpaired) electrons. The van der Waals surface area contributed by atoms with Crippen LogP contribution in [0.15, 0.2) is 42.6 Å². The van der Waals surface area contributed by atoms with Gasteiger partial charge in [-0.1, -0.05) is 12.1 Å². The molecule has 26 heavy (non-hydrogen) atoms. The van der Waals surface area contributed by atoms with Gasteiger partial charge in [-0.3, -0.25) is 4.90 Å². The predicted molar refractivity (Wildman–Crippen MR) is 97.4 cm³/mol. The van der Waals surface area contributed by atoms with Crippen LogP contribution in [0.2, 0.25) is 0 Å². The standard InChI is InChI=1S/C20H25FN4O/c21-16-7-5-14(6-8-16)15-11-18(25-10-2-3-17(22)13-25)19(12-15)26-20-4-1-9-23-24-20/h1,4-9,15,17-19H,2-3,10-13,22H2. The molecule has 1 aliphatic heterocycles. The van der Waals surface area contributed by atoms with Gasteiger partial charge in [0.25, 0.3) is 0 Å². The molecule has 1 saturated heterocycles. The number of ether oxygens (including phenoxy) is 1. The zero-order chi connectivity index (χ0) is 17.9. The number of aromatic nitrogens is 2. The average molecular weight is 356 g/mol. The molecule has 1 aromatic heterocycles. The lowest BCUT2D eigenvalue weighted by atomic mass is 9.97. The van der Waals surface area contributed by atoms with Crippen molar-refractivity contribution in [2.45, 2.75) is 49.8 Å². The van der Waals surface area contributed by atoms with Crippen molar-refractivity contribution in [1.29, 1.82) is 0 Å². The molecular weight excluding hydrogens is 331 g/mol. The van der Waals surface area contributed by atoms with Crippen LogP contribution in [0.25, 0.3) is 0 Å². The second-order valence-corrected chi connectivity index (χ2v) is 7.40. The first kappa shape index (κ1) is 17.4. The van der Waals surface area contributed by atoms with Crippen LogP contribution in [0.5, 0.6) is 5.88 Å². The maximum atomic E-state index is 13.3. The molecule has 2 heterocycles. The maximum absolute atomic E-state index is 13.3. The molecule has 1 saturated carbocycles. The fraction of sp³-hybridized carbons (Fsp3) is 0.500. The normalized spacial score (nSPS) is 29.6. The van der Waals surface area contributed by atoms with Crippen molar-refractivity contribution in [2.24, 2.45) is 5.73 Å². The second-order valence-electron chi connectivity index (χ2n) is 7.40. The van der Waals surface area contributed by atoms with Gasteiger partial charge in [-0.05, 0) is 61.9 Å². The fourth-order valence-electron chi connectivity index (χ4n) is 4.34. The molecule has 2 aromatic rings. The lowest BCUT2D eigenvalue weighted by molar-refractivity contribution is 0.0650. The van der Waals surface area contributed by atoms with E-state index in [0.717, 1.165) is 38.8 Å². The average Bonchev–Trinajstić information content (AvgIpc) is 3.07. The molecule has 0 amide bonds. The Kier molecular flexibility index (Phi) is 5.13. The number of piperidine rings is 1. The van der Waals surface area contributed by atoms with Crippen molar-refractivity contribution in [3.05, 3.63) is 54.0 Å². The number of likely N-dealkylation sites (tertiary alicyclic amines) is 1. The predicted octanol–water partition coefficient (Wildman–Crippen LogP) is 2.73. The van der Waals surface area contributed by atoms with Crippen LogP contribution in [0.1, 0.15) is 37.2 Å². The topological polar surface area (TPSA) is 64.3 Å². The molecule has 138 valence electrons. The van der Waals surface area contributed by atoms with E-state index in [-0.39, 0.29) is 18.0 Å². The van der Waals surface area contributed by atoms with Gasteiger partial charge < -0.3 is 10.5 Å². The number of rotatable bonds is 4. The summed E-state index contributed by atoms with van der Waals surface area (Å²) in [5, 5.41) is 7.99. The van der Waals surface area contributed by atoms with E-state index in [1.54, 1.807) is 6.20 Å². The van der Waals surface area contributed by atoms with Gasteiger partial charge in [-0.25, -0.2) is 4.39 Å². The van der Waals surface area contributed by atoms with Gasteiger partial charge >= 0.3 is 0 Å². The number of hydrogen-bond acceptors (Lipinski definition) is 5. The third-order valence-electron chi connectivity index (χ3n) is 5.59. The molecule has 4 rings (SSSR count). The summed E-state index contributed by atoms with van der Waals surface area (Å²) in [6, 6.07) is 11.1. The summed E-state index contributed by atoms with van der Waals surface area (Å²) in [7, 11) is 0. The monoisotopic (exact) mass is 356 g/mol. The minimum Gasteiger partial charge on any atom is -0.472 e. The molecule has 6 heteroatoms. The minimum atomic E-state index is -0.197. The van der Waals surface area contributed by atoms with Crippen molar-refractivity contribution in [1.82, 2.24) is 15.1 Å². The maximum Gasteiger partial charge on any atom is 0.233 e. The van der Waals surface area contributed by atoms with Crippen molar-refractivity contribution in [2.75, 3.05) is 13.1 Å².